The molecule has 0 spiro atoms. The lowest BCUT2D eigenvalue weighted by Gasteiger charge is -2.32. The van der Waals surface area contributed by atoms with Gasteiger partial charge in [-0.25, -0.2) is 5.01 Å². The van der Waals surface area contributed by atoms with Gasteiger partial charge in [-0.1, -0.05) is 69.8 Å². The van der Waals surface area contributed by atoms with Crippen molar-refractivity contribution >= 4 is 28.3 Å². The van der Waals surface area contributed by atoms with Gasteiger partial charge in [-0.15, -0.1) is 0 Å². The molecule has 0 fully saturated rings. The van der Waals surface area contributed by atoms with E-state index in [0.29, 0.717) is 31.3 Å². The van der Waals surface area contributed by atoms with Crippen LogP contribution in [-0.4, -0.2) is 55.6 Å². The van der Waals surface area contributed by atoms with Crippen molar-refractivity contribution < 1.29 is 14.3 Å². The number of likely N-dealkylation sites (N-methyl/N-ethyl adjacent to an activating group) is 1. The van der Waals surface area contributed by atoms with Gasteiger partial charge >= 0.3 is 0 Å². The van der Waals surface area contributed by atoms with E-state index in [1.165, 1.54) is 11.1 Å². The molecule has 0 aromatic heterocycles. The van der Waals surface area contributed by atoms with Gasteiger partial charge in [-0.05, 0) is 52.8 Å². The maximum Gasteiger partial charge on any atom is 0.256 e. The number of carbonyl (C=O) groups is 2. The van der Waals surface area contributed by atoms with Gasteiger partial charge in [-0.3, -0.25) is 14.6 Å². The van der Waals surface area contributed by atoms with E-state index in [1.807, 2.05) is 58.4 Å². The van der Waals surface area contributed by atoms with E-state index in [9.17, 15) is 9.59 Å². The molecule has 0 radical (unpaired) electrons. The average molecular weight is 519 g/mol. The van der Waals surface area contributed by atoms with E-state index >= 15 is 0 Å². The van der Waals surface area contributed by atoms with E-state index < -0.39 is 0 Å². The van der Waals surface area contributed by atoms with Crippen LogP contribution in [0.25, 0.3) is 10.8 Å². The summed E-state index contributed by atoms with van der Waals surface area (Å²) in [7, 11) is 3.42. The molecule has 38 heavy (non-hydrogen) atoms. The fourth-order valence-corrected chi connectivity index (χ4v) is 4.76. The molecule has 7 nitrogen and oxygen atoms in total. The molecule has 0 unspecified atom stereocenters. The van der Waals surface area contributed by atoms with Crippen molar-refractivity contribution in [3.63, 3.8) is 0 Å². The van der Waals surface area contributed by atoms with Crippen LogP contribution < -0.4 is 15.0 Å². The highest BCUT2D eigenvalue weighted by molar-refractivity contribution is 5.92. The highest BCUT2D eigenvalue weighted by Gasteiger charge is 2.27. The van der Waals surface area contributed by atoms with Crippen LogP contribution in [0.1, 0.15) is 45.2 Å². The lowest BCUT2D eigenvalue weighted by molar-refractivity contribution is -0.145. The maximum atomic E-state index is 13.5. The van der Waals surface area contributed by atoms with Crippen LogP contribution in [0, 0.1) is 5.92 Å². The lowest BCUT2D eigenvalue weighted by atomic mass is 10.1. The number of anilines is 1. The summed E-state index contributed by atoms with van der Waals surface area (Å²) in [5.74, 6) is 1.04. The third-order valence-electron chi connectivity index (χ3n) is 6.94. The number of amides is 2. The topological polar surface area (TPSA) is 65.1 Å². The molecule has 0 bridgehead atoms. The molecule has 204 valence electrons. The van der Waals surface area contributed by atoms with Crippen molar-refractivity contribution in [1.82, 2.24) is 15.3 Å². The van der Waals surface area contributed by atoms with E-state index in [0.717, 1.165) is 29.3 Å². The number of hydrazine groups is 1. The number of carbonyl (C=O) groups excluding carboxylic acids is 2. The Bertz CT molecular complexity index is 1220. The quantitative estimate of drug-likeness (QED) is 0.352. The van der Waals surface area contributed by atoms with Crippen molar-refractivity contribution in [3.8, 4) is 5.75 Å². The fourth-order valence-electron chi connectivity index (χ4n) is 4.76. The Hall–Kier alpha value is -3.58. The Balaban J connectivity index is 0.00000400. The Kier molecular flexibility index (Phi) is 10.1. The number of hydrogen-bond acceptors (Lipinski definition) is 5. The normalized spacial score (nSPS) is 12.7. The number of hydrogen-bond donors (Lipinski definition) is 1. The van der Waals surface area contributed by atoms with E-state index in [2.05, 4.69) is 31.3 Å². The third-order valence-corrected chi connectivity index (χ3v) is 6.94. The molecule has 1 aliphatic rings. The molecule has 1 heterocycles. The second kappa shape index (κ2) is 13.3. The molecular formula is C31H42N4O3. The van der Waals surface area contributed by atoms with Crippen molar-refractivity contribution in [2.45, 2.75) is 47.2 Å². The molecule has 0 saturated carbocycles. The zero-order valence-electron chi connectivity index (χ0n) is 22.4. The molecule has 0 aliphatic carbocycles. The SMILES string of the molecule is C.COc1cc2ccccc2cc1N(CC(=O)NCCCC(C)C)CC(=O)N(C)N1Cc2ccccc2C1. The monoisotopic (exact) mass is 518 g/mol. The smallest absolute Gasteiger partial charge is 0.256 e. The van der Waals surface area contributed by atoms with Crippen molar-refractivity contribution in [1.29, 1.82) is 0 Å². The molecule has 2 amide bonds. The minimum Gasteiger partial charge on any atom is -0.495 e. The van der Waals surface area contributed by atoms with Crippen LogP contribution in [-0.2, 0) is 22.7 Å². The highest BCUT2D eigenvalue weighted by Crippen LogP contribution is 2.33. The lowest BCUT2D eigenvalue weighted by Crippen LogP contribution is -2.48. The number of rotatable bonds is 11. The second-order valence-corrected chi connectivity index (χ2v) is 10.1. The summed E-state index contributed by atoms with van der Waals surface area (Å²) in [6, 6.07) is 20.2. The molecule has 3 aromatic rings. The number of nitrogens with zero attached hydrogens (tertiary/aromatic N) is 3. The molecule has 0 atom stereocenters. The average Bonchev–Trinajstić information content (AvgIpc) is 3.33. The summed E-state index contributed by atoms with van der Waals surface area (Å²) in [5, 5.41) is 8.81. The molecule has 1 N–H and O–H groups in total. The molecule has 0 saturated heterocycles. The summed E-state index contributed by atoms with van der Waals surface area (Å²) in [6.07, 6.45) is 1.99. The van der Waals surface area contributed by atoms with Crippen LogP contribution in [0.15, 0.2) is 60.7 Å². The van der Waals surface area contributed by atoms with E-state index in [4.69, 9.17) is 4.74 Å². The Morgan fingerprint density at radius 2 is 1.58 bits per heavy atom. The molecular weight excluding hydrogens is 476 g/mol. The summed E-state index contributed by atoms with van der Waals surface area (Å²) in [6.45, 7) is 6.47. The van der Waals surface area contributed by atoms with Crippen molar-refractivity contribution in [2.24, 2.45) is 5.92 Å². The molecule has 7 heteroatoms. The first-order chi connectivity index (χ1) is 17.9. The number of methoxy groups -OCH3 is 1. The number of benzene rings is 3. The minimum atomic E-state index is -0.108. The van der Waals surface area contributed by atoms with Crippen molar-refractivity contribution in [3.05, 3.63) is 71.8 Å². The Morgan fingerprint density at radius 3 is 2.18 bits per heavy atom. The van der Waals surface area contributed by atoms with Gasteiger partial charge in [0.25, 0.3) is 5.91 Å². The van der Waals surface area contributed by atoms with Crippen LogP contribution >= 0.6 is 0 Å². The van der Waals surface area contributed by atoms with Crippen LogP contribution in [0.4, 0.5) is 5.69 Å². The van der Waals surface area contributed by atoms with Gasteiger partial charge in [-0.2, -0.15) is 0 Å². The predicted octanol–water partition coefficient (Wildman–Crippen LogP) is 5.23. The van der Waals surface area contributed by atoms with E-state index in [-0.39, 0.29) is 32.3 Å². The summed E-state index contributed by atoms with van der Waals surface area (Å²) in [5.41, 5.74) is 3.19. The van der Waals surface area contributed by atoms with Gasteiger partial charge in [0.1, 0.15) is 5.75 Å². The standard InChI is InChI=1S/C30H38N4O3.CH4/c1-22(2)10-9-15-31-29(35)20-33(27-16-23-11-5-6-12-24(23)17-28(27)37-4)21-30(36)32(3)34-18-25-13-7-8-14-26(25)19-34;/h5-8,11-14,16-17,22H,9-10,15,18-21H2,1-4H3,(H,31,35);1H4. The minimum absolute atomic E-state index is 0. The molecule has 3 aromatic carbocycles. The third kappa shape index (κ3) is 7.04. The zero-order chi connectivity index (χ0) is 26.4. The van der Waals surface area contributed by atoms with Crippen LogP contribution in [0.5, 0.6) is 5.75 Å². The van der Waals surface area contributed by atoms with Gasteiger partial charge in [0.2, 0.25) is 5.91 Å². The van der Waals surface area contributed by atoms with Gasteiger partial charge in [0.05, 0.1) is 25.9 Å². The largest absolute Gasteiger partial charge is 0.495 e. The fraction of sp³-hybridized carbons (Fsp3) is 0.419. The van der Waals surface area contributed by atoms with E-state index in [1.54, 1.807) is 19.2 Å². The number of ether oxygens (including phenoxy) is 1. The summed E-state index contributed by atoms with van der Waals surface area (Å²) < 4.78 is 5.72. The zero-order valence-corrected chi connectivity index (χ0v) is 22.4. The van der Waals surface area contributed by atoms with Crippen LogP contribution in [0.2, 0.25) is 0 Å². The molecule has 1 aliphatic heterocycles. The Morgan fingerprint density at radius 1 is 0.974 bits per heavy atom. The van der Waals surface area contributed by atoms with Gasteiger partial charge in [0, 0.05) is 26.7 Å². The highest BCUT2D eigenvalue weighted by atomic mass is 16.5. The second-order valence-electron chi connectivity index (χ2n) is 10.1. The first-order valence-electron chi connectivity index (χ1n) is 13.0. The predicted molar refractivity (Wildman–Crippen MR) is 155 cm³/mol. The first-order valence-corrected chi connectivity index (χ1v) is 13.0. The summed E-state index contributed by atoms with van der Waals surface area (Å²) >= 11 is 0. The van der Waals surface area contributed by atoms with Gasteiger partial charge < -0.3 is 15.0 Å². The van der Waals surface area contributed by atoms with Crippen LogP contribution in [0.3, 0.4) is 0 Å². The first kappa shape index (κ1) is 29.0. The summed E-state index contributed by atoms with van der Waals surface area (Å²) in [4.78, 5) is 28.3. The maximum absolute atomic E-state index is 13.5. The number of nitrogens with one attached hydrogen (secondary N) is 1. The Labute approximate surface area is 227 Å². The van der Waals surface area contributed by atoms with Crippen molar-refractivity contribution in [2.75, 3.05) is 38.7 Å². The van der Waals surface area contributed by atoms with Gasteiger partial charge in [0.15, 0.2) is 0 Å². The number of fused-ring (bicyclic) bond motifs is 2. The molecule has 4 rings (SSSR count).